The van der Waals surface area contributed by atoms with E-state index >= 15 is 0 Å². The Kier molecular flexibility index (Phi) is 5.74. The molecule has 1 atom stereocenters. The van der Waals surface area contributed by atoms with Crippen LogP contribution in [0.25, 0.3) is 5.69 Å². The molecule has 0 aliphatic carbocycles. The van der Waals surface area contributed by atoms with E-state index in [1.54, 1.807) is 41.3 Å². The van der Waals surface area contributed by atoms with Gasteiger partial charge in [0.1, 0.15) is 16.9 Å². The summed E-state index contributed by atoms with van der Waals surface area (Å²) >= 11 is 12.1. The van der Waals surface area contributed by atoms with E-state index in [1.807, 2.05) is 0 Å². The van der Waals surface area contributed by atoms with Crippen molar-refractivity contribution >= 4 is 34.8 Å². The molecule has 0 spiro atoms. The molecule has 1 N–H and O–H groups in total. The maximum Gasteiger partial charge on any atom is 0.292 e. The highest BCUT2D eigenvalue weighted by molar-refractivity contribution is 6.33. The molecule has 2 heterocycles. The lowest BCUT2D eigenvalue weighted by molar-refractivity contribution is -0.128. The molecule has 1 unspecified atom stereocenters. The summed E-state index contributed by atoms with van der Waals surface area (Å²) in [4.78, 5) is 27.0. The summed E-state index contributed by atoms with van der Waals surface area (Å²) in [7, 11) is 0. The molecule has 0 bridgehead atoms. The molecule has 2 aromatic carbocycles. The van der Waals surface area contributed by atoms with Gasteiger partial charge in [-0.05, 0) is 48.4 Å². The molecule has 30 heavy (non-hydrogen) atoms. The van der Waals surface area contributed by atoms with E-state index in [9.17, 15) is 14.0 Å². The molecular weight excluding hydrogens is 430 g/mol. The van der Waals surface area contributed by atoms with Crippen LogP contribution in [0.2, 0.25) is 10.0 Å². The minimum Gasteiger partial charge on any atom is -0.371 e. The van der Waals surface area contributed by atoms with E-state index in [2.05, 4.69) is 10.4 Å². The molecule has 4 rings (SSSR count). The van der Waals surface area contributed by atoms with Crippen LogP contribution < -0.4 is 10.9 Å². The van der Waals surface area contributed by atoms with Gasteiger partial charge in [-0.2, -0.15) is 9.78 Å². The van der Waals surface area contributed by atoms with E-state index in [1.165, 1.54) is 23.0 Å². The third kappa shape index (κ3) is 4.17. The van der Waals surface area contributed by atoms with Crippen molar-refractivity contribution in [2.24, 2.45) is 0 Å². The van der Waals surface area contributed by atoms with Crippen LogP contribution in [0.1, 0.15) is 12.0 Å². The largest absolute Gasteiger partial charge is 0.371 e. The number of benzene rings is 2. The Balaban J connectivity index is 1.48. The van der Waals surface area contributed by atoms with E-state index in [-0.39, 0.29) is 16.7 Å². The van der Waals surface area contributed by atoms with E-state index in [0.717, 1.165) is 5.56 Å². The van der Waals surface area contributed by atoms with E-state index in [0.29, 0.717) is 35.9 Å². The van der Waals surface area contributed by atoms with Crippen LogP contribution in [0.4, 0.5) is 10.1 Å². The van der Waals surface area contributed by atoms with Gasteiger partial charge >= 0.3 is 0 Å². The molecule has 0 saturated carbocycles. The molecule has 0 radical (unpaired) electrons. The number of likely N-dealkylation sites (tertiary alicyclic amines) is 1. The van der Waals surface area contributed by atoms with Crippen molar-refractivity contribution in [3.63, 3.8) is 0 Å². The van der Waals surface area contributed by atoms with Crippen LogP contribution in [-0.2, 0) is 11.3 Å². The molecule has 1 saturated heterocycles. The number of carbonyl (C=O) groups excluding carboxylic acids is 1. The van der Waals surface area contributed by atoms with Crippen molar-refractivity contribution < 1.29 is 9.18 Å². The number of hydrogen-bond donors (Lipinski definition) is 1. The third-order valence-electron chi connectivity index (χ3n) is 4.90. The van der Waals surface area contributed by atoms with Gasteiger partial charge in [0.25, 0.3) is 5.56 Å². The molecule has 3 aromatic rings. The monoisotopic (exact) mass is 446 g/mol. The zero-order valence-corrected chi connectivity index (χ0v) is 17.2. The molecule has 1 amide bonds. The Morgan fingerprint density at radius 3 is 2.47 bits per heavy atom. The molecule has 9 heteroatoms. The van der Waals surface area contributed by atoms with E-state index < -0.39 is 11.6 Å². The van der Waals surface area contributed by atoms with Crippen molar-refractivity contribution in [1.82, 2.24) is 14.7 Å². The first-order valence-corrected chi connectivity index (χ1v) is 10.0. The van der Waals surface area contributed by atoms with Crippen LogP contribution in [0.15, 0.2) is 59.5 Å². The first-order valence-electron chi connectivity index (χ1n) is 9.26. The Morgan fingerprint density at radius 1 is 1.07 bits per heavy atom. The number of nitrogens with zero attached hydrogens (tertiary/aromatic N) is 3. The topological polar surface area (TPSA) is 67.2 Å². The highest BCUT2D eigenvalue weighted by Gasteiger charge is 2.32. The quantitative estimate of drug-likeness (QED) is 0.645. The molecule has 6 nitrogen and oxygen atoms in total. The Labute approximate surface area is 181 Å². The minimum absolute atomic E-state index is 0.0512. The minimum atomic E-state index is -0.518. The third-order valence-corrected chi connectivity index (χ3v) is 5.52. The fraction of sp³-hybridized carbons (Fsp3) is 0.190. The number of rotatable bonds is 5. The predicted molar refractivity (Wildman–Crippen MR) is 114 cm³/mol. The van der Waals surface area contributed by atoms with Crippen LogP contribution in [0, 0.1) is 5.82 Å². The number of aromatic nitrogens is 2. The number of halogens is 3. The summed E-state index contributed by atoms with van der Waals surface area (Å²) in [5, 5.41) is 7.68. The Hall–Kier alpha value is -2.90. The summed E-state index contributed by atoms with van der Waals surface area (Å²) < 4.78 is 14.2. The summed E-state index contributed by atoms with van der Waals surface area (Å²) in [5.41, 5.74) is 1.17. The van der Waals surface area contributed by atoms with Crippen molar-refractivity contribution in [2.75, 3.05) is 11.9 Å². The normalized spacial score (nSPS) is 16.2. The molecule has 1 aliphatic heterocycles. The van der Waals surface area contributed by atoms with Crippen LogP contribution in [0.3, 0.4) is 0 Å². The fourth-order valence-electron chi connectivity index (χ4n) is 3.33. The average Bonchev–Trinajstić information content (AvgIpc) is 3.08. The van der Waals surface area contributed by atoms with Crippen molar-refractivity contribution in [1.29, 1.82) is 0 Å². The second kappa shape index (κ2) is 8.45. The Bertz CT molecular complexity index is 1130. The molecule has 1 aromatic heterocycles. The highest BCUT2D eigenvalue weighted by atomic mass is 35.5. The molecular formula is C21H17Cl2FN4O2. The number of hydrogen-bond acceptors (Lipinski definition) is 4. The summed E-state index contributed by atoms with van der Waals surface area (Å²) in [6, 6.07) is 12.1. The number of amides is 1. The SMILES string of the molecule is O=C1C(Nc2cnn(-c3ccc(Cl)cc3)c(=O)c2Cl)CCN1Cc1ccc(F)cc1. The number of carbonyl (C=O) groups is 1. The van der Waals surface area contributed by atoms with Crippen molar-refractivity contribution in [2.45, 2.75) is 19.0 Å². The van der Waals surface area contributed by atoms with Gasteiger partial charge in [0, 0.05) is 18.1 Å². The average molecular weight is 447 g/mol. The molecule has 1 fully saturated rings. The number of nitrogens with one attached hydrogen (secondary N) is 1. The highest BCUT2D eigenvalue weighted by Crippen LogP contribution is 2.23. The first-order chi connectivity index (χ1) is 14.4. The van der Waals surface area contributed by atoms with Gasteiger partial charge in [-0.1, -0.05) is 35.3 Å². The molecule has 154 valence electrons. The van der Waals surface area contributed by atoms with Crippen molar-refractivity contribution in [3.05, 3.63) is 86.5 Å². The van der Waals surface area contributed by atoms with Crippen molar-refractivity contribution in [3.8, 4) is 5.69 Å². The second-order valence-corrected chi connectivity index (χ2v) is 7.75. The summed E-state index contributed by atoms with van der Waals surface area (Å²) in [6.07, 6.45) is 1.98. The maximum absolute atomic E-state index is 13.1. The van der Waals surface area contributed by atoms with Gasteiger partial charge in [0.15, 0.2) is 0 Å². The maximum atomic E-state index is 13.1. The zero-order valence-electron chi connectivity index (χ0n) is 15.7. The second-order valence-electron chi connectivity index (χ2n) is 6.94. The van der Waals surface area contributed by atoms with Crippen LogP contribution in [0.5, 0.6) is 0 Å². The van der Waals surface area contributed by atoms with Crippen LogP contribution >= 0.6 is 23.2 Å². The van der Waals surface area contributed by atoms with Gasteiger partial charge in [-0.25, -0.2) is 4.39 Å². The van der Waals surface area contributed by atoms with E-state index in [4.69, 9.17) is 23.2 Å². The van der Waals surface area contributed by atoms with Gasteiger partial charge in [0.2, 0.25) is 5.91 Å². The number of anilines is 1. The summed E-state index contributed by atoms with van der Waals surface area (Å²) in [5.74, 6) is -0.432. The Morgan fingerprint density at radius 2 is 1.77 bits per heavy atom. The lowest BCUT2D eigenvalue weighted by Gasteiger charge is -2.18. The van der Waals surface area contributed by atoms with Gasteiger partial charge < -0.3 is 10.2 Å². The predicted octanol–water partition coefficient (Wildman–Crippen LogP) is 3.89. The van der Waals surface area contributed by atoms with Gasteiger partial charge in [-0.3, -0.25) is 9.59 Å². The smallest absolute Gasteiger partial charge is 0.292 e. The molecule has 1 aliphatic rings. The lowest BCUT2D eigenvalue weighted by Crippen LogP contribution is -2.34. The first kappa shape index (κ1) is 20.4. The lowest BCUT2D eigenvalue weighted by atomic mass is 10.2. The fourth-order valence-corrected chi connectivity index (χ4v) is 3.64. The van der Waals surface area contributed by atoms with Crippen LogP contribution in [-0.4, -0.2) is 33.2 Å². The standard InChI is InChI=1S/C21H17Cl2FN4O2/c22-14-3-7-16(8-4-14)28-21(30)19(23)18(11-25-28)26-17-9-10-27(20(17)29)12-13-1-5-15(24)6-2-13/h1-8,11,17,26H,9-10,12H2. The van der Waals surface area contributed by atoms with Gasteiger partial charge in [0.05, 0.1) is 17.6 Å². The zero-order chi connectivity index (χ0) is 21.3. The van der Waals surface area contributed by atoms with Gasteiger partial charge in [-0.15, -0.1) is 0 Å². The summed E-state index contributed by atoms with van der Waals surface area (Å²) in [6.45, 7) is 0.933.